The largest absolute Gasteiger partial charge is 0.371 e. The fourth-order valence-corrected chi connectivity index (χ4v) is 2.91. The van der Waals surface area contributed by atoms with Crippen molar-refractivity contribution in [3.63, 3.8) is 0 Å². The van der Waals surface area contributed by atoms with E-state index in [2.05, 4.69) is 5.32 Å². The van der Waals surface area contributed by atoms with E-state index >= 15 is 0 Å². The SMILES string of the molecule is C[C@H]1CC(=O)NC(O)[C@H]1N1C(=O)c2ccccc2C1=O. The second-order valence-corrected chi connectivity index (χ2v) is 5.21. The number of hydrogen-bond acceptors (Lipinski definition) is 4. The van der Waals surface area contributed by atoms with Gasteiger partial charge in [-0.15, -0.1) is 0 Å². The fraction of sp³-hybridized carbons (Fsp3) is 0.357. The molecular formula is C14H14N2O4. The fourth-order valence-electron chi connectivity index (χ4n) is 2.91. The Balaban J connectivity index is 1.98. The molecule has 20 heavy (non-hydrogen) atoms. The number of carbonyl (C=O) groups excluding carboxylic acids is 3. The van der Waals surface area contributed by atoms with Gasteiger partial charge in [-0.1, -0.05) is 19.1 Å². The zero-order valence-corrected chi connectivity index (χ0v) is 10.9. The number of carbonyl (C=O) groups is 3. The summed E-state index contributed by atoms with van der Waals surface area (Å²) in [5, 5.41) is 12.4. The summed E-state index contributed by atoms with van der Waals surface area (Å²) in [4.78, 5) is 37.2. The van der Waals surface area contributed by atoms with E-state index in [9.17, 15) is 19.5 Å². The Labute approximate surface area is 115 Å². The first kappa shape index (κ1) is 12.8. The number of nitrogens with one attached hydrogen (secondary N) is 1. The molecule has 2 N–H and O–H groups in total. The van der Waals surface area contributed by atoms with E-state index in [0.29, 0.717) is 11.1 Å². The van der Waals surface area contributed by atoms with Gasteiger partial charge in [0.1, 0.15) is 6.23 Å². The summed E-state index contributed by atoms with van der Waals surface area (Å²) < 4.78 is 0. The van der Waals surface area contributed by atoms with Crippen molar-refractivity contribution in [3.05, 3.63) is 35.4 Å². The molecule has 1 aromatic carbocycles. The Kier molecular flexibility index (Phi) is 2.83. The molecule has 2 heterocycles. The molecule has 3 rings (SSSR count). The van der Waals surface area contributed by atoms with Crippen molar-refractivity contribution < 1.29 is 19.5 Å². The van der Waals surface area contributed by atoms with Gasteiger partial charge in [-0.25, -0.2) is 0 Å². The lowest BCUT2D eigenvalue weighted by molar-refractivity contribution is -0.131. The van der Waals surface area contributed by atoms with Crippen LogP contribution in [0.5, 0.6) is 0 Å². The molecule has 2 aliphatic heterocycles. The average molecular weight is 274 g/mol. The highest BCUT2D eigenvalue weighted by Gasteiger charge is 2.46. The number of hydrogen-bond donors (Lipinski definition) is 2. The Bertz CT molecular complexity index is 564. The van der Waals surface area contributed by atoms with Crippen LogP contribution in [0.3, 0.4) is 0 Å². The molecule has 3 atom stereocenters. The van der Waals surface area contributed by atoms with E-state index in [1.54, 1.807) is 31.2 Å². The van der Waals surface area contributed by atoms with Gasteiger partial charge in [0, 0.05) is 6.42 Å². The molecule has 1 saturated heterocycles. The number of nitrogens with zero attached hydrogens (tertiary/aromatic N) is 1. The zero-order chi connectivity index (χ0) is 14.4. The smallest absolute Gasteiger partial charge is 0.261 e. The van der Waals surface area contributed by atoms with Gasteiger partial charge in [0.25, 0.3) is 11.8 Å². The van der Waals surface area contributed by atoms with Crippen molar-refractivity contribution in [1.82, 2.24) is 10.2 Å². The van der Waals surface area contributed by atoms with E-state index in [-0.39, 0.29) is 18.2 Å². The highest BCUT2D eigenvalue weighted by Crippen LogP contribution is 2.30. The molecule has 104 valence electrons. The van der Waals surface area contributed by atoms with Crippen LogP contribution in [0.1, 0.15) is 34.1 Å². The summed E-state index contributed by atoms with van der Waals surface area (Å²) in [6.07, 6.45) is -1.05. The second-order valence-electron chi connectivity index (χ2n) is 5.21. The molecule has 2 aliphatic rings. The Morgan fingerprint density at radius 2 is 1.70 bits per heavy atom. The number of aliphatic hydroxyl groups is 1. The summed E-state index contributed by atoms with van der Waals surface area (Å²) in [5.74, 6) is -1.41. The number of aliphatic hydroxyl groups excluding tert-OH is 1. The predicted molar refractivity (Wildman–Crippen MR) is 68.7 cm³/mol. The van der Waals surface area contributed by atoms with Crippen LogP contribution in [0.2, 0.25) is 0 Å². The normalized spacial score (nSPS) is 29.4. The third kappa shape index (κ3) is 1.72. The predicted octanol–water partition coefficient (Wildman–Crippen LogP) is 0.126. The lowest BCUT2D eigenvalue weighted by Crippen LogP contribution is -2.60. The summed E-state index contributed by atoms with van der Waals surface area (Å²) in [5.41, 5.74) is 0.683. The van der Waals surface area contributed by atoms with Gasteiger partial charge < -0.3 is 10.4 Å². The Morgan fingerprint density at radius 3 is 2.20 bits per heavy atom. The monoisotopic (exact) mass is 274 g/mol. The Hall–Kier alpha value is -2.21. The molecule has 0 saturated carbocycles. The van der Waals surface area contributed by atoms with Crippen LogP contribution in [0.15, 0.2) is 24.3 Å². The molecule has 1 unspecified atom stereocenters. The number of amides is 3. The third-order valence-corrected chi connectivity index (χ3v) is 3.85. The quantitative estimate of drug-likeness (QED) is 0.712. The standard InChI is InChI=1S/C14H14N2O4/c1-7-6-10(17)15-12(18)11(7)16-13(19)8-4-2-3-5-9(8)14(16)20/h2-5,7,11-12,18H,6H2,1H3,(H,15,17)/t7-,11-,12?/m0/s1. The molecule has 1 aromatic rings. The maximum absolute atomic E-state index is 12.4. The second kappa shape index (κ2) is 4.42. The van der Waals surface area contributed by atoms with Crippen molar-refractivity contribution in [2.24, 2.45) is 5.92 Å². The first-order chi connectivity index (χ1) is 9.50. The van der Waals surface area contributed by atoms with Crippen LogP contribution in [-0.2, 0) is 4.79 Å². The van der Waals surface area contributed by atoms with Gasteiger partial charge in [-0.2, -0.15) is 0 Å². The topological polar surface area (TPSA) is 86.7 Å². The molecule has 6 nitrogen and oxygen atoms in total. The van der Waals surface area contributed by atoms with Crippen LogP contribution >= 0.6 is 0 Å². The summed E-state index contributed by atoms with van der Waals surface area (Å²) in [6.45, 7) is 1.75. The molecular weight excluding hydrogens is 260 g/mol. The van der Waals surface area contributed by atoms with Crippen LogP contribution in [0, 0.1) is 5.92 Å². The van der Waals surface area contributed by atoms with Gasteiger partial charge in [-0.05, 0) is 18.1 Å². The molecule has 0 spiro atoms. The highest BCUT2D eigenvalue weighted by molar-refractivity contribution is 6.21. The molecule has 0 radical (unpaired) electrons. The molecule has 3 amide bonds. The maximum Gasteiger partial charge on any atom is 0.261 e. The molecule has 1 fully saturated rings. The van der Waals surface area contributed by atoms with Crippen LogP contribution in [-0.4, -0.2) is 40.0 Å². The van der Waals surface area contributed by atoms with Crippen molar-refractivity contribution in [1.29, 1.82) is 0 Å². The zero-order valence-electron chi connectivity index (χ0n) is 10.9. The summed E-state index contributed by atoms with van der Waals surface area (Å²) in [7, 11) is 0. The van der Waals surface area contributed by atoms with Crippen molar-refractivity contribution >= 4 is 17.7 Å². The maximum atomic E-state index is 12.4. The lowest BCUT2D eigenvalue weighted by atomic mass is 9.91. The van der Waals surface area contributed by atoms with Gasteiger partial charge >= 0.3 is 0 Å². The number of imide groups is 1. The molecule has 0 bridgehead atoms. The van der Waals surface area contributed by atoms with E-state index in [1.165, 1.54) is 0 Å². The first-order valence-corrected chi connectivity index (χ1v) is 6.45. The highest BCUT2D eigenvalue weighted by atomic mass is 16.3. The number of rotatable bonds is 1. The van der Waals surface area contributed by atoms with Gasteiger partial charge in [0.2, 0.25) is 5.91 Å². The van der Waals surface area contributed by atoms with Crippen LogP contribution in [0.25, 0.3) is 0 Å². The van der Waals surface area contributed by atoms with Crippen LogP contribution in [0.4, 0.5) is 0 Å². The summed E-state index contributed by atoms with van der Waals surface area (Å²) >= 11 is 0. The number of fused-ring (bicyclic) bond motifs is 1. The van der Waals surface area contributed by atoms with Gasteiger partial charge in [0.05, 0.1) is 17.2 Å². The van der Waals surface area contributed by atoms with E-state index in [1.807, 2.05) is 0 Å². The van der Waals surface area contributed by atoms with Gasteiger partial charge in [-0.3, -0.25) is 19.3 Å². The van der Waals surface area contributed by atoms with E-state index < -0.39 is 24.1 Å². The van der Waals surface area contributed by atoms with Crippen molar-refractivity contribution in [2.75, 3.05) is 0 Å². The lowest BCUT2D eigenvalue weighted by Gasteiger charge is -2.38. The van der Waals surface area contributed by atoms with E-state index in [0.717, 1.165) is 4.90 Å². The molecule has 0 aromatic heterocycles. The third-order valence-electron chi connectivity index (χ3n) is 3.85. The van der Waals surface area contributed by atoms with E-state index in [4.69, 9.17) is 0 Å². The molecule has 6 heteroatoms. The molecule has 0 aliphatic carbocycles. The minimum absolute atomic E-state index is 0.176. The average Bonchev–Trinajstić information content (AvgIpc) is 2.64. The Morgan fingerprint density at radius 1 is 1.15 bits per heavy atom. The minimum Gasteiger partial charge on any atom is -0.371 e. The minimum atomic E-state index is -1.23. The van der Waals surface area contributed by atoms with Crippen molar-refractivity contribution in [2.45, 2.75) is 25.6 Å². The van der Waals surface area contributed by atoms with Crippen LogP contribution < -0.4 is 5.32 Å². The number of piperidine rings is 1. The van der Waals surface area contributed by atoms with Gasteiger partial charge in [0.15, 0.2) is 0 Å². The van der Waals surface area contributed by atoms with Crippen molar-refractivity contribution in [3.8, 4) is 0 Å². The first-order valence-electron chi connectivity index (χ1n) is 6.45. The number of benzene rings is 1. The summed E-state index contributed by atoms with van der Waals surface area (Å²) in [6, 6.07) is 5.83.